The molecule has 0 aliphatic carbocycles. The molecule has 4 heteroatoms. The number of halogens is 1. The number of aromatic amines is 1. The first-order chi connectivity index (χ1) is 8.09. The van der Waals surface area contributed by atoms with Crippen molar-refractivity contribution in [3.05, 3.63) is 58.3 Å². The Labute approximate surface area is 96.9 Å². The Morgan fingerprint density at radius 2 is 1.82 bits per heavy atom. The van der Waals surface area contributed by atoms with Crippen LogP contribution in [0.4, 0.5) is 4.39 Å². The number of hydrogen-bond donors (Lipinski definition) is 1. The molecule has 0 atom stereocenters. The van der Waals surface area contributed by atoms with Crippen molar-refractivity contribution < 1.29 is 9.18 Å². The van der Waals surface area contributed by atoms with Crippen LogP contribution >= 0.6 is 0 Å². The number of nitrogens with one attached hydrogen (secondary N) is 1. The molecule has 1 aromatic heterocycles. The summed E-state index contributed by atoms with van der Waals surface area (Å²) >= 11 is 0. The first-order valence-corrected chi connectivity index (χ1v) is 5.07. The van der Waals surface area contributed by atoms with Gasteiger partial charge in [0.15, 0.2) is 11.2 Å². The number of hydrogen-bond acceptors (Lipinski definition) is 2. The lowest BCUT2D eigenvalue weighted by Crippen LogP contribution is -2.15. The molecule has 1 aromatic carbocycles. The molecule has 0 unspecified atom stereocenters. The van der Waals surface area contributed by atoms with Crippen LogP contribution in [0.5, 0.6) is 0 Å². The number of H-pyrrole nitrogens is 1. The molecule has 17 heavy (non-hydrogen) atoms. The molecule has 2 aromatic rings. The van der Waals surface area contributed by atoms with E-state index in [0.717, 1.165) is 0 Å². The fourth-order valence-corrected chi connectivity index (χ4v) is 1.59. The van der Waals surface area contributed by atoms with Crippen LogP contribution in [0, 0.1) is 5.82 Å². The number of pyridine rings is 1. The molecular weight excluding hydrogens is 221 g/mol. The van der Waals surface area contributed by atoms with Crippen LogP contribution in [0.2, 0.25) is 0 Å². The lowest BCUT2D eigenvalue weighted by atomic mass is 10.0. The molecule has 1 N–H and O–H groups in total. The van der Waals surface area contributed by atoms with Crippen LogP contribution in [0.3, 0.4) is 0 Å². The summed E-state index contributed by atoms with van der Waals surface area (Å²) in [6, 6.07) is 5.55. The molecule has 0 saturated heterocycles. The number of rotatable bonds is 2. The minimum absolute atomic E-state index is 0.104. The minimum atomic E-state index is -0.368. The van der Waals surface area contributed by atoms with E-state index in [4.69, 9.17) is 0 Å². The summed E-state index contributed by atoms with van der Waals surface area (Å²) < 4.78 is 12.8. The van der Waals surface area contributed by atoms with E-state index >= 15 is 0 Å². The molecule has 3 nitrogen and oxygen atoms in total. The van der Waals surface area contributed by atoms with Crippen LogP contribution in [-0.2, 0) is 0 Å². The van der Waals surface area contributed by atoms with Gasteiger partial charge >= 0.3 is 0 Å². The van der Waals surface area contributed by atoms with Crippen LogP contribution in [0.1, 0.15) is 17.3 Å². The Hall–Kier alpha value is -2.23. The largest absolute Gasteiger partial charge is 0.366 e. The second-order valence-corrected chi connectivity index (χ2v) is 3.67. The zero-order valence-corrected chi connectivity index (χ0v) is 9.16. The molecule has 86 valence electrons. The maximum Gasteiger partial charge on any atom is 0.200 e. The van der Waals surface area contributed by atoms with Crippen molar-refractivity contribution >= 4 is 5.78 Å². The SMILES string of the molecule is CC(=O)c1c[nH]cc(-c2ccc(F)cc2)c1=O. The fraction of sp³-hybridized carbons (Fsp3) is 0.0769. The summed E-state index contributed by atoms with van der Waals surface area (Å²) in [5.41, 5.74) is 0.697. The molecule has 1 heterocycles. The quantitative estimate of drug-likeness (QED) is 0.807. The van der Waals surface area contributed by atoms with Gasteiger partial charge in [0.05, 0.1) is 5.56 Å². The molecule has 0 spiro atoms. The molecule has 0 fully saturated rings. The van der Waals surface area contributed by atoms with Gasteiger partial charge in [0, 0.05) is 18.0 Å². The van der Waals surface area contributed by atoms with Crippen molar-refractivity contribution in [2.45, 2.75) is 6.92 Å². The maximum atomic E-state index is 12.8. The van der Waals surface area contributed by atoms with Gasteiger partial charge in [-0.05, 0) is 24.6 Å². The summed E-state index contributed by atoms with van der Waals surface area (Å²) in [7, 11) is 0. The van der Waals surface area contributed by atoms with Crippen molar-refractivity contribution in [1.29, 1.82) is 0 Å². The van der Waals surface area contributed by atoms with Crippen molar-refractivity contribution in [1.82, 2.24) is 4.98 Å². The monoisotopic (exact) mass is 231 g/mol. The molecule has 0 aliphatic rings. The van der Waals surface area contributed by atoms with E-state index in [2.05, 4.69) is 4.98 Å². The van der Waals surface area contributed by atoms with Crippen molar-refractivity contribution in [3.8, 4) is 11.1 Å². The summed E-state index contributed by atoms with van der Waals surface area (Å²) in [5.74, 6) is -0.664. The fourth-order valence-electron chi connectivity index (χ4n) is 1.59. The smallest absolute Gasteiger partial charge is 0.200 e. The zero-order valence-electron chi connectivity index (χ0n) is 9.16. The second-order valence-electron chi connectivity index (χ2n) is 3.67. The van der Waals surface area contributed by atoms with Crippen LogP contribution in [0.15, 0.2) is 41.5 Å². The predicted octanol–water partition coefficient (Wildman–Crippen LogP) is 2.38. The summed E-state index contributed by atoms with van der Waals surface area (Å²) in [6.45, 7) is 1.33. The lowest BCUT2D eigenvalue weighted by Gasteiger charge is -2.02. The van der Waals surface area contributed by atoms with Crippen LogP contribution < -0.4 is 5.43 Å². The Morgan fingerprint density at radius 3 is 2.41 bits per heavy atom. The maximum absolute atomic E-state index is 12.8. The van der Waals surface area contributed by atoms with E-state index in [9.17, 15) is 14.0 Å². The molecule has 0 aliphatic heterocycles. The minimum Gasteiger partial charge on any atom is -0.366 e. The van der Waals surface area contributed by atoms with Crippen molar-refractivity contribution in [3.63, 3.8) is 0 Å². The lowest BCUT2D eigenvalue weighted by molar-refractivity contribution is 0.101. The zero-order chi connectivity index (χ0) is 12.4. The molecule has 0 amide bonds. The molecule has 0 saturated carbocycles. The highest BCUT2D eigenvalue weighted by molar-refractivity contribution is 5.94. The third-order valence-electron chi connectivity index (χ3n) is 2.48. The highest BCUT2D eigenvalue weighted by Crippen LogP contribution is 2.15. The van der Waals surface area contributed by atoms with Gasteiger partial charge in [0.2, 0.25) is 0 Å². The van der Waals surface area contributed by atoms with Crippen molar-refractivity contribution in [2.24, 2.45) is 0 Å². The normalized spacial score (nSPS) is 10.2. The van der Waals surface area contributed by atoms with E-state index in [1.165, 1.54) is 43.6 Å². The van der Waals surface area contributed by atoms with Crippen LogP contribution in [0.25, 0.3) is 11.1 Å². The average Bonchev–Trinajstić information content (AvgIpc) is 2.30. The average molecular weight is 231 g/mol. The number of ketones is 1. The van der Waals surface area contributed by atoms with Gasteiger partial charge in [-0.3, -0.25) is 9.59 Å². The number of aromatic nitrogens is 1. The van der Waals surface area contributed by atoms with E-state index in [0.29, 0.717) is 11.1 Å². The van der Waals surface area contributed by atoms with Crippen molar-refractivity contribution in [2.75, 3.05) is 0 Å². The van der Waals surface area contributed by atoms with E-state index in [1.807, 2.05) is 0 Å². The van der Waals surface area contributed by atoms with Gasteiger partial charge in [-0.2, -0.15) is 0 Å². The second kappa shape index (κ2) is 4.33. The predicted molar refractivity (Wildman–Crippen MR) is 62.5 cm³/mol. The highest BCUT2D eigenvalue weighted by atomic mass is 19.1. The van der Waals surface area contributed by atoms with Gasteiger partial charge in [0.1, 0.15) is 5.82 Å². The van der Waals surface area contributed by atoms with Gasteiger partial charge in [0.25, 0.3) is 0 Å². The number of Topliss-reactive ketones (excluding diaryl/α,β-unsaturated/α-hetero) is 1. The number of carbonyl (C=O) groups excluding carboxylic acids is 1. The van der Waals surface area contributed by atoms with E-state index < -0.39 is 0 Å². The molecular formula is C13H10FNO2. The molecule has 0 radical (unpaired) electrons. The standard InChI is InChI=1S/C13H10FNO2/c1-8(16)11-6-15-7-12(13(11)17)9-2-4-10(14)5-3-9/h2-7H,1H3,(H,15,17). The first kappa shape index (κ1) is 11.3. The van der Waals surface area contributed by atoms with Gasteiger partial charge in [-0.1, -0.05) is 12.1 Å². The topological polar surface area (TPSA) is 49.9 Å². The Bertz CT molecular complexity index is 614. The first-order valence-electron chi connectivity index (χ1n) is 5.07. The number of benzene rings is 1. The Kier molecular flexibility index (Phi) is 2.87. The Balaban J connectivity index is 2.61. The van der Waals surface area contributed by atoms with Gasteiger partial charge < -0.3 is 4.98 Å². The molecule has 0 bridgehead atoms. The van der Waals surface area contributed by atoms with Crippen LogP contribution in [-0.4, -0.2) is 10.8 Å². The summed E-state index contributed by atoms with van der Waals surface area (Å²) in [4.78, 5) is 25.9. The third kappa shape index (κ3) is 2.15. The summed E-state index contributed by atoms with van der Waals surface area (Å²) in [5, 5.41) is 0. The van der Waals surface area contributed by atoms with E-state index in [1.54, 1.807) is 0 Å². The van der Waals surface area contributed by atoms with E-state index in [-0.39, 0.29) is 22.6 Å². The summed E-state index contributed by atoms with van der Waals surface area (Å²) in [6.07, 6.45) is 2.87. The third-order valence-corrected chi connectivity index (χ3v) is 2.48. The van der Waals surface area contributed by atoms with Gasteiger partial charge in [-0.25, -0.2) is 4.39 Å². The van der Waals surface area contributed by atoms with Gasteiger partial charge in [-0.15, -0.1) is 0 Å². The Morgan fingerprint density at radius 1 is 1.18 bits per heavy atom. The molecule has 2 rings (SSSR count). The number of carbonyl (C=O) groups is 1. The highest BCUT2D eigenvalue weighted by Gasteiger charge is 2.10.